The Labute approximate surface area is 138 Å². The summed E-state index contributed by atoms with van der Waals surface area (Å²) in [5, 5.41) is -0.569. The van der Waals surface area contributed by atoms with Crippen LogP contribution in [0.15, 0.2) is 24.3 Å². The number of hydrogen-bond donors (Lipinski definition) is 0. The lowest BCUT2D eigenvalue weighted by molar-refractivity contribution is -0.119. The quantitative estimate of drug-likeness (QED) is 0.544. The number of para-hydroxylation sites is 1. The lowest BCUT2D eigenvalue weighted by Gasteiger charge is -2.28. The number of carbonyl (C=O) groups excluding carboxylic acids is 1. The topological polar surface area (TPSA) is 29.5 Å². The van der Waals surface area contributed by atoms with Crippen molar-refractivity contribution >= 4 is 23.2 Å². The molecule has 1 aliphatic rings. The van der Waals surface area contributed by atoms with Crippen molar-refractivity contribution in [3.05, 3.63) is 29.8 Å². The van der Waals surface area contributed by atoms with Crippen LogP contribution in [0.1, 0.15) is 52.0 Å². The highest BCUT2D eigenvalue weighted by Crippen LogP contribution is 2.34. The maximum Gasteiger partial charge on any atom is 0.246 e. The number of nitrogens with zero attached hydrogens (tertiary/aromatic N) is 1. The molecule has 1 aliphatic carbocycles. The molecule has 0 N–H and O–H groups in total. The van der Waals surface area contributed by atoms with E-state index in [9.17, 15) is 4.79 Å². The molecule has 122 valence electrons. The Bertz CT molecular complexity index is 512. The molecule has 2 unspecified atom stereocenters. The summed E-state index contributed by atoms with van der Waals surface area (Å²) < 4.78 is 5.93. The minimum atomic E-state index is -0.569. The molecule has 1 saturated carbocycles. The number of anilines is 1. The van der Waals surface area contributed by atoms with Gasteiger partial charge in [0, 0.05) is 5.69 Å². The third-order valence-corrected chi connectivity index (χ3v) is 4.39. The molecule has 3 nitrogen and oxygen atoms in total. The van der Waals surface area contributed by atoms with E-state index in [0.29, 0.717) is 11.8 Å². The van der Waals surface area contributed by atoms with Gasteiger partial charge in [-0.2, -0.15) is 0 Å². The summed E-state index contributed by atoms with van der Waals surface area (Å²) in [5.41, 5.74) is 2.04. The average molecular weight is 324 g/mol. The van der Waals surface area contributed by atoms with E-state index < -0.39 is 5.38 Å². The summed E-state index contributed by atoms with van der Waals surface area (Å²) in [6.07, 6.45) is 2.64. The predicted octanol–water partition coefficient (Wildman–Crippen LogP) is 4.54. The van der Waals surface area contributed by atoms with Crippen molar-refractivity contribution < 1.29 is 9.53 Å². The van der Waals surface area contributed by atoms with E-state index in [1.54, 1.807) is 11.8 Å². The molecule has 0 saturated heterocycles. The average Bonchev–Trinajstić information content (AvgIpc) is 3.31. The van der Waals surface area contributed by atoms with Crippen molar-refractivity contribution in [3.63, 3.8) is 0 Å². The Morgan fingerprint density at radius 2 is 1.91 bits per heavy atom. The van der Waals surface area contributed by atoms with Gasteiger partial charge in [-0.25, -0.2) is 0 Å². The Hall–Kier alpha value is -1.06. The second-order valence-corrected chi connectivity index (χ2v) is 7.09. The van der Waals surface area contributed by atoms with E-state index in [1.807, 2.05) is 18.2 Å². The molecule has 22 heavy (non-hydrogen) atoms. The van der Waals surface area contributed by atoms with Crippen LogP contribution in [-0.2, 0) is 9.53 Å². The van der Waals surface area contributed by atoms with E-state index in [0.717, 1.165) is 11.3 Å². The van der Waals surface area contributed by atoms with Crippen molar-refractivity contribution in [2.45, 2.75) is 57.9 Å². The standard InChI is InChI=1S/C18H26ClNO2/c1-12(2)16-7-5-6-8-17(16)20(18(21)13(3)19)11-22-14(4)15-9-10-15/h5-8,12-15H,9-11H2,1-4H3. The van der Waals surface area contributed by atoms with Gasteiger partial charge in [0.25, 0.3) is 0 Å². The number of hydrogen-bond acceptors (Lipinski definition) is 2. The molecule has 4 heteroatoms. The van der Waals surface area contributed by atoms with Crippen LogP contribution in [0.4, 0.5) is 5.69 Å². The maximum atomic E-state index is 12.5. The smallest absolute Gasteiger partial charge is 0.246 e. The molecule has 0 spiro atoms. The van der Waals surface area contributed by atoms with Gasteiger partial charge in [0.1, 0.15) is 12.1 Å². The second kappa shape index (κ2) is 7.47. The summed E-state index contributed by atoms with van der Waals surface area (Å²) in [6.45, 7) is 8.30. The first kappa shape index (κ1) is 17.3. The molecule has 0 aromatic heterocycles. The van der Waals surface area contributed by atoms with Crippen LogP contribution in [0.25, 0.3) is 0 Å². The summed E-state index contributed by atoms with van der Waals surface area (Å²) in [5.74, 6) is 0.862. The number of amides is 1. The zero-order valence-electron chi connectivity index (χ0n) is 13.9. The summed E-state index contributed by atoms with van der Waals surface area (Å²) in [4.78, 5) is 14.2. The van der Waals surface area contributed by atoms with E-state index in [2.05, 4.69) is 26.8 Å². The number of alkyl halides is 1. The van der Waals surface area contributed by atoms with Gasteiger partial charge in [-0.15, -0.1) is 11.6 Å². The van der Waals surface area contributed by atoms with E-state index in [1.165, 1.54) is 12.8 Å². The molecule has 1 amide bonds. The second-order valence-electron chi connectivity index (χ2n) is 6.43. The molecule has 2 rings (SSSR count). The van der Waals surface area contributed by atoms with Gasteiger partial charge >= 0.3 is 0 Å². The Morgan fingerprint density at radius 1 is 1.27 bits per heavy atom. The highest BCUT2D eigenvalue weighted by molar-refractivity contribution is 6.32. The predicted molar refractivity (Wildman–Crippen MR) is 91.5 cm³/mol. The molecule has 2 atom stereocenters. The van der Waals surface area contributed by atoms with Gasteiger partial charge in [0.05, 0.1) is 6.10 Å². The van der Waals surface area contributed by atoms with Gasteiger partial charge in [-0.3, -0.25) is 9.69 Å². The number of carbonyl (C=O) groups is 1. The Kier molecular flexibility index (Phi) is 5.87. The monoisotopic (exact) mass is 323 g/mol. The SMILES string of the molecule is CC(Cl)C(=O)N(COC(C)C1CC1)c1ccccc1C(C)C. The van der Waals surface area contributed by atoms with Crippen molar-refractivity contribution in [2.24, 2.45) is 5.92 Å². The fourth-order valence-electron chi connectivity index (χ4n) is 2.58. The van der Waals surface area contributed by atoms with Crippen molar-refractivity contribution in [3.8, 4) is 0 Å². The van der Waals surface area contributed by atoms with Crippen molar-refractivity contribution in [1.82, 2.24) is 0 Å². The van der Waals surface area contributed by atoms with Gasteiger partial charge < -0.3 is 4.74 Å². The molecule has 0 radical (unpaired) electrons. The van der Waals surface area contributed by atoms with E-state index in [-0.39, 0.29) is 18.7 Å². The molecule has 1 fully saturated rings. The Balaban J connectivity index is 2.21. The first-order chi connectivity index (χ1) is 10.4. The van der Waals surface area contributed by atoms with Gasteiger partial charge in [0.2, 0.25) is 5.91 Å². The lowest BCUT2D eigenvalue weighted by atomic mass is 10.0. The first-order valence-electron chi connectivity index (χ1n) is 8.07. The largest absolute Gasteiger partial charge is 0.357 e. The molecule has 0 bridgehead atoms. The van der Waals surface area contributed by atoms with Crippen LogP contribution in [0.3, 0.4) is 0 Å². The fraction of sp³-hybridized carbons (Fsp3) is 0.611. The minimum absolute atomic E-state index is 0.113. The number of rotatable bonds is 7. The highest BCUT2D eigenvalue weighted by atomic mass is 35.5. The molecular weight excluding hydrogens is 298 g/mol. The minimum Gasteiger partial charge on any atom is -0.357 e. The maximum absolute atomic E-state index is 12.5. The zero-order valence-corrected chi connectivity index (χ0v) is 14.6. The molecule has 0 heterocycles. The van der Waals surface area contributed by atoms with Crippen LogP contribution in [0, 0.1) is 5.92 Å². The lowest BCUT2D eigenvalue weighted by Crippen LogP contribution is -2.39. The molecular formula is C18H26ClNO2. The third kappa shape index (κ3) is 4.23. The van der Waals surface area contributed by atoms with Crippen LogP contribution in [0.2, 0.25) is 0 Å². The van der Waals surface area contributed by atoms with Crippen molar-refractivity contribution in [1.29, 1.82) is 0 Å². The van der Waals surface area contributed by atoms with Gasteiger partial charge in [-0.1, -0.05) is 32.0 Å². The summed E-state index contributed by atoms with van der Waals surface area (Å²) in [7, 11) is 0. The van der Waals surface area contributed by atoms with E-state index in [4.69, 9.17) is 16.3 Å². The van der Waals surface area contributed by atoms with Crippen LogP contribution >= 0.6 is 11.6 Å². The van der Waals surface area contributed by atoms with Crippen LogP contribution in [-0.4, -0.2) is 24.1 Å². The fourth-order valence-corrected chi connectivity index (χ4v) is 2.70. The molecule has 1 aromatic rings. The normalized spacial score (nSPS) is 17.4. The number of benzene rings is 1. The summed E-state index contributed by atoms with van der Waals surface area (Å²) >= 11 is 6.05. The highest BCUT2D eigenvalue weighted by Gasteiger charge is 2.30. The number of ether oxygens (including phenoxy) is 1. The van der Waals surface area contributed by atoms with E-state index >= 15 is 0 Å². The van der Waals surface area contributed by atoms with Crippen LogP contribution < -0.4 is 4.90 Å². The van der Waals surface area contributed by atoms with Gasteiger partial charge in [-0.05, 0) is 50.2 Å². The zero-order chi connectivity index (χ0) is 16.3. The van der Waals surface area contributed by atoms with Gasteiger partial charge in [0.15, 0.2) is 0 Å². The van der Waals surface area contributed by atoms with Crippen molar-refractivity contribution in [2.75, 3.05) is 11.6 Å². The third-order valence-electron chi connectivity index (χ3n) is 4.21. The summed E-state index contributed by atoms with van der Waals surface area (Å²) in [6, 6.07) is 7.98. The molecule has 0 aliphatic heterocycles. The molecule has 1 aromatic carbocycles. The Morgan fingerprint density at radius 3 is 2.45 bits per heavy atom. The first-order valence-corrected chi connectivity index (χ1v) is 8.51. The van der Waals surface area contributed by atoms with Crippen LogP contribution in [0.5, 0.6) is 0 Å². The number of halogens is 1.